The van der Waals surface area contributed by atoms with Gasteiger partial charge in [-0.25, -0.2) is 15.0 Å². The Bertz CT molecular complexity index is 897. The minimum atomic E-state index is -0.757. The van der Waals surface area contributed by atoms with Crippen LogP contribution in [0.4, 0.5) is 5.69 Å². The Morgan fingerprint density at radius 2 is 2.16 bits per heavy atom. The number of aromatic nitrogens is 2. The van der Waals surface area contributed by atoms with Crippen LogP contribution in [0.5, 0.6) is 0 Å². The predicted octanol–water partition coefficient (Wildman–Crippen LogP) is 0.552. The first-order chi connectivity index (χ1) is 11.9. The van der Waals surface area contributed by atoms with Gasteiger partial charge in [0.1, 0.15) is 0 Å². The van der Waals surface area contributed by atoms with Crippen LogP contribution in [0.1, 0.15) is 33.5 Å². The smallest absolute Gasteiger partial charge is 0.357 e. The molecular formula is C14H13N5O6. The summed E-state index contributed by atoms with van der Waals surface area (Å²) in [6.45, 7) is 1.72. The van der Waals surface area contributed by atoms with E-state index in [1.807, 2.05) is 0 Å². The summed E-state index contributed by atoms with van der Waals surface area (Å²) >= 11 is 0. The van der Waals surface area contributed by atoms with Crippen LogP contribution in [0.3, 0.4) is 0 Å². The molecule has 2 rings (SSSR count). The maximum atomic E-state index is 11.9. The summed E-state index contributed by atoms with van der Waals surface area (Å²) in [6.07, 6.45) is 1.04. The summed E-state index contributed by atoms with van der Waals surface area (Å²) in [5, 5.41) is 14.3. The Kier molecular flexibility index (Phi) is 5.40. The van der Waals surface area contributed by atoms with E-state index in [2.05, 4.69) is 20.5 Å². The van der Waals surface area contributed by atoms with Crippen molar-refractivity contribution >= 4 is 23.8 Å². The summed E-state index contributed by atoms with van der Waals surface area (Å²) in [4.78, 5) is 49.5. The second kappa shape index (κ2) is 7.68. The molecule has 0 saturated carbocycles. The van der Waals surface area contributed by atoms with Gasteiger partial charge in [0.05, 0.1) is 23.4 Å². The van der Waals surface area contributed by atoms with Crippen LogP contribution in [-0.4, -0.2) is 39.6 Å². The number of nitrogens with zero attached hydrogens (tertiary/aromatic N) is 2. The van der Waals surface area contributed by atoms with Crippen LogP contribution < -0.4 is 11.1 Å². The number of nitrogens with one attached hydrogen (secondary N) is 3. The molecule has 25 heavy (non-hydrogen) atoms. The highest BCUT2D eigenvalue weighted by Gasteiger charge is 2.15. The number of nitro benzene ring substituents is 1. The summed E-state index contributed by atoms with van der Waals surface area (Å²) in [5.41, 5.74) is 1.16. The van der Waals surface area contributed by atoms with Crippen LogP contribution in [0, 0.1) is 10.1 Å². The molecule has 2 aromatic rings. The molecule has 0 unspecified atom stereocenters. The quantitative estimate of drug-likeness (QED) is 0.299. The Hall–Kier alpha value is -3.76. The van der Waals surface area contributed by atoms with Crippen LogP contribution in [-0.2, 0) is 4.74 Å². The first-order valence-electron chi connectivity index (χ1n) is 6.99. The van der Waals surface area contributed by atoms with Gasteiger partial charge in [0.25, 0.3) is 11.6 Å². The maximum absolute atomic E-state index is 11.9. The van der Waals surface area contributed by atoms with Gasteiger partial charge in [-0.05, 0) is 13.0 Å². The van der Waals surface area contributed by atoms with E-state index >= 15 is 0 Å². The van der Waals surface area contributed by atoms with Crippen molar-refractivity contribution in [2.24, 2.45) is 5.10 Å². The topological polar surface area (TPSA) is 160 Å². The minimum absolute atomic E-state index is 0.0165. The van der Waals surface area contributed by atoms with E-state index in [0.29, 0.717) is 0 Å². The van der Waals surface area contributed by atoms with Gasteiger partial charge in [-0.3, -0.25) is 19.9 Å². The standard InChI is InChI=1S/C14H13N5O6/c1-2-25-13(21)11-10(16-14(22)17-11)7-15-18-12(20)8-4-3-5-9(6-8)19(23)24/h3-7H,2H2,1H3,(H,18,20)(H2,16,17,22). The number of H-pyrrole nitrogens is 2. The molecule has 1 heterocycles. The van der Waals surface area contributed by atoms with Gasteiger partial charge in [-0.1, -0.05) is 6.07 Å². The number of nitro groups is 1. The number of carbonyl (C=O) groups excluding carboxylic acids is 2. The number of aromatic amines is 2. The van der Waals surface area contributed by atoms with E-state index in [4.69, 9.17) is 4.74 Å². The Morgan fingerprint density at radius 3 is 2.84 bits per heavy atom. The molecule has 0 atom stereocenters. The van der Waals surface area contributed by atoms with Crippen LogP contribution in [0.15, 0.2) is 34.2 Å². The second-order valence-corrected chi connectivity index (χ2v) is 4.59. The number of carbonyl (C=O) groups is 2. The van der Waals surface area contributed by atoms with Gasteiger partial charge >= 0.3 is 11.7 Å². The van der Waals surface area contributed by atoms with E-state index in [1.54, 1.807) is 6.92 Å². The van der Waals surface area contributed by atoms with E-state index < -0.39 is 22.5 Å². The number of amides is 1. The molecule has 1 aromatic heterocycles. The third-order valence-electron chi connectivity index (χ3n) is 2.91. The fourth-order valence-corrected chi connectivity index (χ4v) is 1.84. The number of esters is 1. The number of imidazole rings is 1. The van der Waals surface area contributed by atoms with Crippen LogP contribution in [0.25, 0.3) is 0 Å². The highest BCUT2D eigenvalue weighted by Crippen LogP contribution is 2.12. The number of rotatable bonds is 6. The summed E-state index contributed by atoms with van der Waals surface area (Å²) in [7, 11) is 0. The van der Waals surface area contributed by atoms with Gasteiger partial charge in [0.15, 0.2) is 5.69 Å². The van der Waals surface area contributed by atoms with Gasteiger partial charge in [-0.2, -0.15) is 5.10 Å². The zero-order valence-electron chi connectivity index (χ0n) is 12.9. The first-order valence-corrected chi connectivity index (χ1v) is 6.99. The monoisotopic (exact) mass is 347 g/mol. The number of benzene rings is 1. The van der Waals surface area contributed by atoms with E-state index in [1.165, 1.54) is 18.2 Å². The molecule has 1 amide bonds. The molecule has 11 nitrogen and oxygen atoms in total. The molecule has 0 aliphatic carbocycles. The molecule has 3 N–H and O–H groups in total. The SMILES string of the molecule is CCOC(=O)c1[nH]c(=O)[nH]c1C=NNC(=O)c1cccc([N+](=O)[O-])c1. The number of ether oxygens (including phenoxy) is 1. The maximum Gasteiger partial charge on any atom is 0.357 e. The number of hydrazone groups is 1. The van der Waals surface area contributed by atoms with E-state index in [0.717, 1.165) is 12.3 Å². The highest BCUT2D eigenvalue weighted by atomic mass is 16.6. The molecule has 0 spiro atoms. The molecule has 1 aromatic carbocycles. The van der Waals surface area contributed by atoms with E-state index in [-0.39, 0.29) is 29.2 Å². The van der Waals surface area contributed by atoms with Gasteiger partial charge in [0.2, 0.25) is 0 Å². The van der Waals surface area contributed by atoms with Crippen molar-refractivity contribution in [3.8, 4) is 0 Å². The van der Waals surface area contributed by atoms with Crippen molar-refractivity contribution in [2.45, 2.75) is 6.92 Å². The summed E-state index contributed by atoms with van der Waals surface area (Å²) < 4.78 is 4.77. The lowest BCUT2D eigenvalue weighted by atomic mass is 10.2. The largest absolute Gasteiger partial charge is 0.461 e. The zero-order valence-corrected chi connectivity index (χ0v) is 12.9. The molecule has 11 heteroatoms. The number of hydrogen-bond acceptors (Lipinski definition) is 7. The van der Waals surface area contributed by atoms with Crippen molar-refractivity contribution < 1.29 is 19.2 Å². The average molecular weight is 347 g/mol. The van der Waals surface area contributed by atoms with Crippen molar-refractivity contribution in [3.63, 3.8) is 0 Å². The van der Waals surface area contributed by atoms with Crippen molar-refractivity contribution in [3.05, 3.63) is 61.8 Å². The Balaban J connectivity index is 2.12. The average Bonchev–Trinajstić information content (AvgIpc) is 2.96. The number of non-ortho nitro benzene ring substituents is 1. The fourth-order valence-electron chi connectivity index (χ4n) is 1.84. The molecule has 0 saturated heterocycles. The summed E-state index contributed by atoms with van der Waals surface area (Å²) in [5.74, 6) is -1.46. The molecule has 0 aliphatic rings. The first kappa shape index (κ1) is 17.6. The normalized spacial score (nSPS) is 10.6. The van der Waals surface area contributed by atoms with Gasteiger partial charge in [0, 0.05) is 17.7 Å². The highest BCUT2D eigenvalue weighted by molar-refractivity contribution is 5.98. The van der Waals surface area contributed by atoms with Crippen LogP contribution in [0.2, 0.25) is 0 Å². The number of hydrogen-bond donors (Lipinski definition) is 3. The third-order valence-corrected chi connectivity index (χ3v) is 2.91. The molecule has 0 bridgehead atoms. The second-order valence-electron chi connectivity index (χ2n) is 4.59. The van der Waals surface area contributed by atoms with Crippen molar-refractivity contribution in [1.82, 2.24) is 15.4 Å². The van der Waals surface area contributed by atoms with Crippen molar-refractivity contribution in [1.29, 1.82) is 0 Å². The fraction of sp³-hybridized carbons (Fsp3) is 0.143. The lowest BCUT2D eigenvalue weighted by molar-refractivity contribution is -0.384. The molecule has 0 radical (unpaired) electrons. The predicted molar refractivity (Wildman–Crippen MR) is 85.5 cm³/mol. The molecular weight excluding hydrogens is 334 g/mol. The van der Waals surface area contributed by atoms with Gasteiger partial charge in [-0.15, -0.1) is 0 Å². The Morgan fingerprint density at radius 1 is 1.40 bits per heavy atom. The van der Waals surface area contributed by atoms with Gasteiger partial charge < -0.3 is 9.72 Å². The van der Waals surface area contributed by atoms with E-state index in [9.17, 15) is 24.5 Å². The zero-order chi connectivity index (χ0) is 18.4. The molecule has 0 fully saturated rings. The lowest BCUT2D eigenvalue weighted by Crippen LogP contribution is -2.18. The molecule has 0 aliphatic heterocycles. The van der Waals surface area contributed by atoms with Crippen LogP contribution >= 0.6 is 0 Å². The molecule has 130 valence electrons. The van der Waals surface area contributed by atoms with Crippen molar-refractivity contribution in [2.75, 3.05) is 6.61 Å². The minimum Gasteiger partial charge on any atom is -0.461 e. The third kappa shape index (κ3) is 4.37. The summed E-state index contributed by atoms with van der Waals surface area (Å²) in [6, 6.07) is 5.07. The Labute approximate surface area is 139 Å². The lowest BCUT2D eigenvalue weighted by Gasteiger charge is -2.00.